The van der Waals surface area contributed by atoms with E-state index in [1.54, 1.807) is 0 Å². The lowest BCUT2D eigenvalue weighted by molar-refractivity contribution is 0.394. The Kier molecular flexibility index (Phi) is 8.15. The fraction of sp³-hybridized carbons (Fsp3) is 1.00. The van der Waals surface area contributed by atoms with Crippen LogP contribution in [0.3, 0.4) is 0 Å². The van der Waals surface area contributed by atoms with Crippen molar-refractivity contribution in [3.8, 4) is 0 Å². The maximum Gasteiger partial charge on any atom is 0.0165 e. The van der Waals surface area contributed by atoms with E-state index in [-0.39, 0.29) is 5.54 Å². The molecule has 0 bridgehead atoms. The van der Waals surface area contributed by atoms with Crippen LogP contribution in [0.4, 0.5) is 0 Å². The van der Waals surface area contributed by atoms with Crippen molar-refractivity contribution in [3.63, 3.8) is 0 Å². The standard InChI is InChI=1S/C11H26N2S2/c1-10(9-11(2,3)12-4)15-14-8-7-13(5)6/h10,12H,7-9H2,1-6H3. The molecular weight excluding hydrogens is 224 g/mol. The Hall–Kier alpha value is 0.620. The molecule has 0 radical (unpaired) electrons. The number of nitrogens with one attached hydrogen (secondary N) is 1. The molecule has 0 spiro atoms. The summed E-state index contributed by atoms with van der Waals surface area (Å²) in [6, 6.07) is 0. The minimum atomic E-state index is 0.258. The first kappa shape index (κ1) is 15.6. The van der Waals surface area contributed by atoms with Crippen molar-refractivity contribution in [3.05, 3.63) is 0 Å². The molecule has 0 amide bonds. The summed E-state index contributed by atoms with van der Waals surface area (Å²) in [4.78, 5) is 2.23. The van der Waals surface area contributed by atoms with Crippen LogP contribution >= 0.6 is 21.6 Å². The normalized spacial score (nSPS) is 14.6. The third-order valence-electron chi connectivity index (χ3n) is 2.33. The van der Waals surface area contributed by atoms with E-state index in [1.807, 2.05) is 28.6 Å². The van der Waals surface area contributed by atoms with E-state index < -0.39 is 0 Å². The molecule has 1 N–H and O–H groups in total. The first-order valence-corrected chi connectivity index (χ1v) is 7.87. The van der Waals surface area contributed by atoms with E-state index >= 15 is 0 Å². The molecule has 0 aliphatic heterocycles. The molecule has 0 fully saturated rings. The van der Waals surface area contributed by atoms with Crippen LogP contribution in [0, 0.1) is 0 Å². The summed E-state index contributed by atoms with van der Waals surface area (Å²) in [5.74, 6) is 1.21. The molecule has 92 valence electrons. The van der Waals surface area contributed by atoms with Crippen LogP contribution in [0.2, 0.25) is 0 Å². The molecule has 0 saturated carbocycles. The zero-order chi connectivity index (χ0) is 11.9. The predicted molar refractivity (Wildman–Crippen MR) is 75.8 cm³/mol. The highest BCUT2D eigenvalue weighted by Crippen LogP contribution is 2.31. The highest BCUT2D eigenvalue weighted by atomic mass is 33.1. The first-order valence-electron chi connectivity index (χ1n) is 5.49. The number of hydrogen-bond donors (Lipinski definition) is 1. The van der Waals surface area contributed by atoms with Gasteiger partial charge >= 0.3 is 0 Å². The lowest BCUT2D eigenvalue weighted by Gasteiger charge is -2.27. The lowest BCUT2D eigenvalue weighted by Crippen LogP contribution is -2.38. The smallest absolute Gasteiger partial charge is 0.0165 e. The minimum Gasteiger partial charge on any atom is -0.315 e. The van der Waals surface area contributed by atoms with Crippen LogP contribution in [0.5, 0.6) is 0 Å². The van der Waals surface area contributed by atoms with Crippen LogP contribution in [0.25, 0.3) is 0 Å². The average Bonchev–Trinajstić information content (AvgIpc) is 2.11. The van der Waals surface area contributed by atoms with Crippen molar-refractivity contribution < 1.29 is 0 Å². The Morgan fingerprint density at radius 1 is 1.33 bits per heavy atom. The van der Waals surface area contributed by atoms with E-state index in [9.17, 15) is 0 Å². The molecule has 0 rings (SSSR count). The topological polar surface area (TPSA) is 15.3 Å². The van der Waals surface area contributed by atoms with Crippen molar-refractivity contribution in [1.29, 1.82) is 0 Å². The van der Waals surface area contributed by atoms with Gasteiger partial charge in [-0.3, -0.25) is 0 Å². The molecule has 0 aromatic carbocycles. The third kappa shape index (κ3) is 9.54. The number of rotatable bonds is 8. The fourth-order valence-corrected chi connectivity index (χ4v) is 3.91. The monoisotopic (exact) mass is 250 g/mol. The highest BCUT2D eigenvalue weighted by Gasteiger charge is 2.18. The molecule has 0 aliphatic carbocycles. The Labute approximate surface area is 103 Å². The van der Waals surface area contributed by atoms with Crippen molar-refractivity contribution in [2.24, 2.45) is 0 Å². The first-order chi connectivity index (χ1) is 6.87. The molecule has 1 unspecified atom stereocenters. The van der Waals surface area contributed by atoms with E-state index in [2.05, 4.69) is 45.1 Å². The zero-order valence-corrected chi connectivity index (χ0v) is 12.6. The van der Waals surface area contributed by atoms with Gasteiger partial charge in [-0.1, -0.05) is 28.5 Å². The molecular formula is C11H26N2S2. The Morgan fingerprint density at radius 3 is 2.40 bits per heavy atom. The molecule has 1 atom stereocenters. The average molecular weight is 250 g/mol. The third-order valence-corrected chi connectivity index (χ3v) is 5.20. The van der Waals surface area contributed by atoms with Gasteiger partial charge in [-0.25, -0.2) is 0 Å². The van der Waals surface area contributed by atoms with Crippen LogP contribution in [0.15, 0.2) is 0 Å². The number of hydrogen-bond acceptors (Lipinski definition) is 4. The van der Waals surface area contributed by atoms with Crippen molar-refractivity contribution in [2.75, 3.05) is 33.4 Å². The van der Waals surface area contributed by atoms with Crippen LogP contribution in [-0.4, -0.2) is 49.1 Å². The molecule has 0 aromatic heterocycles. The summed E-state index contributed by atoms with van der Waals surface area (Å²) in [6.07, 6.45) is 1.21. The molecule has 0 heterocycles. The summed E-state index contributed by atoms with van der Waals surface area (Å²) in [5, 5.41) is 4.06. The second-order valence-corrected chi connectivity index (χ2v) is 7.80. The van der Waals surface area contributed by atoms with Gasteiger partial charge in [0.2, 0.25) is 0 Å². The van der Waals surface area contributed by atoms with Gasteiger partial charge in [0.1, 0.15) is 0 Å². The summed E-state index contributed by atoms with van der Waals surface area (Å²) in [5.41, 5.74) is 0.258. The zero-order valence-electron chi connectivity index (χ0n) is 11.0. The van der Waals surface area contributed by atoms with Crippen molar-refractivity contribution in [1.82, 2.24) is 10.2 Å². The maximum absolute atomic E-state index is 3.35. The summed E-state index contributed by atoms with van der Waals surface area (Å²) in [6.45, 7) is 8.00. The van der Waals surface area contributed by atoms with Crippen molar-refractivity contribution in [2.45, 2.75) is 38.0 Å². The number of nitrogens with zero attached hydrogens (tertiary/aromatic N) is 1. The van der Waals surface area contributed by atoms with Crippen molar-refractivity contribution >= 4 is 21.6 Å². The van der Waals surface area contributed by atoms with Gasteiger partial charge in [0.25, 0.3) is 0 Å². The maximum atomic E-state index is 3.35. The van der Waals surface area contributed by atoms with E-state index in [0.29, 0.717) is 5.25 Å². The van der Waals surface area contributed by atoms with Gasteiger partial charge in [-0.2, -0.15) is 0 Å². The SMILES string of the molecule is CNC(C)(C)CC(C)SSCCN(C)C. The van der Waals surface area contributed by atoms with Gasteiger partial charge in [-0.05, 0) is 41.4 Å². The lowest BCUT2D eigenvalue weighted by atomic mass is 9.99. The molecule has 2 nitrogen and oxygen atoms in total. The van der Waals surface area contributed by atoms with E-state index in [4.69, 9.17) is 0 Å². The Bertz CT molecular complexity index is 161. The summed E-state index contributed by atoms with van der Waals surface area (Å²) < 4.78 is 0. The quantitative estimate of drug-likeness (QED) is 0.526. The van der Waals surface area contributed by atoms with Gasteiger partial charge in [0.15, 0.2) is 0 Å². The fourth-order valence-electron chi connectivity index (χ4n) is 1.24. The second kappa shape index (κ2) is 7.82. The largest absolute Gasteiger partial charge is 0.315 e. The molecule has 0 saturated heterocycles. The van der Waals surface area contributed by atoms with Gasteiger partial charge in [-0.15, -0.1) is 0 Å². The Balaban J connectivity index is 3.53. The highest BCUT2D eigenvalue weighted by molar-refractivity contribution is 8.76. The van der Waals surface area contributed by atoms with E-state index in [0.717, 1.165) is 0 Å². The van der Waals surface area contributed by atoms with Crippen LogP contribution in [0.1, 0.15) is 27.2 Å². The Morgan fingerprint density at radius 2 is 1.93 bits per heavy atom. The molecule has 4 heteroatoms. The molecule has 0 aromatic rings. The minimum absolute atomic E-state index is 0.258. The van der Waals surface area contributed by atoms with Crippen LogP contribution in [-0.2, 0) is 0 Å². The van der Waals surface area contributed by atoms with Crippen LogP contribution < -0.4 is 5.32 Å². The predicted octanol–water partition coefficient (Wildman–Crippen LogP) is 2.71. The second-order valence-electron chi connectivity index (χ2n) is 4.87. The van der Waals surface area contributed by atoms with Gasteiger partial charge in [0.05, 0.1) is 0 Å². The van der Waals surface area contributed by atoms with Gasteiger partial charge < -0.3 is 10.2 Å². The molecule has 0 aliphatic rings. The molecule has 15 heavy (non-hydrogen) atoms. The summed E-state index contributed by atoms with van der Waals surface area (Å²) in [7, 11) is 10.3. The van der Waals surface area contributed by atoms with Gasteiger partial charge in [0, 0.05) is 23.1 Å². The van der Waals surface area contributed by atoms with E-state index in [1.165, 1.54) is 18.7 Å². The summed E-state index contributed by atoms with van der Waals surface area (Å²) >= 11 is 0.